The predicted octanol–water partition coefficient (Wildman–Crippen LogP) is 2.99. The first-order valence-corrected chi connectivity index (χ1v) is 6.37. The molecule has 1 N–H and O–H groups in total. The zero-order valence-corrected chi connectivity index (χ0v) is 10.8. The van der Waals surface area contributed by atoms with E-state index in [2.05, 4.69) is 37.2 Å². The highest BCUT2D eigenvalue weighted by Crippen LogP contribution is 2.25. The van der Waals surface area contributed by atoms with Crippen LogP contribution in [-0.2, 0) is 4.79 Å². The van der Waals surface area contributed by atoms with E-state index in [0.717, 1.165) is 0 Å². The van der Waals surface area contributed by atoms with E-state index in [-0.39, 0.29) is 12.5 Å². The molecule has 0 amide bonds. The summed E-state index contributed by atoms with van der Waals surface area (Å²) < 4.78 is 0. The fraction of sp³-hybridized carbons (Fsp3) is 0.583. The second-order valence-electron chi connectivity index (χ2n) is 4.14. The first kappa shape index (κ1) is 13.2. The van der Waals surface area contributed by atoms with Gasteiger partial charge in [0.05, 0.1) is 0 Å². The molecule has 0 aliphatic carbocycles. The highest BCUT2D eigenvalue weighted by molar-refractivity contribution is 7.10. The number of rotatable bonds is 6. The van der Waals surface area contributed by atoms with Crippen molar-refractivity contribution in [2.45, 2.75) is 38.8 Å². The highest BCUT2D eigenvalue weighted by Gasteiger charge is 2.18. The van der Waals surface area contributed by atoms with Gasteiger partial charge in [0.15, 0.2) is 0 Å². The molecule has 0 spiro atoms. The van der Waals surface area contributed by atoms with Crippen LogP contribution in [0.2, 0.25) is 0 Å². The van der Waals surface area contributed by atoms with Crippen LogP contribution in [0.25, 0.3) is 0 Å². The molecule has 4 heteroatoms. The number of carboxylic acid groups (broad SMARTS) is 1. The molecule has 1 aromatic heterocycles. The number of hydrogen-bond acceptors (Lipinski definition) is 3. The minimum atomic E-state index is -0.718. The molecule has 1 heterocycles. The molecule has 0 fully saturated rings. The smallest absolute Gasteiger partial charge is 0.303 e. The van der Waals surface area contributed by atoms with Crippen molar-refractivity contribution in [3.05, 3.63) is 22.4 Å². The summed E-state index contributed by atoms with van der Waals surface area (Å²) >= 11 is 1.74. The van der Waals surface area contributed by atoms with Crippen molar-refractivity contribution in [1.29, 1.82) is 0 Å². The van der Waals surface area contributed by atoms with E-state index in [9.17, 15) is 4.79 Å². The molecule has 3 nitrogen and oxygen atoms in total. The van der Waals surface area contributed by atoms with Gasteiger partial charge in [-0.2, -0.15) is 0 Å². The van der Waals surface area contributed by atoms with Crippen molar-refractivity contribution in [2.75, 3.05) is 7.05 Å². The molecule has 2 atom stereocenters. The zero-order valence-electron chi connectivity index (χ0n) is 10.0. The Morgan fingerprint density at radius 1 is 1.56 bits per heavy atom. The molecule has 0 saturated carbocycles. The number of carboxylic acids is 1. The molecular weight excluding hydrogens is 222 g/mol. The monoisotopic (exact) mass is 241 g/mol. The highest BCUT2D eigenvalue weighted by atomic mass is 32.1. The maximum absolute atomic E-state index is 10.5. The number of nitrogens with zero attached hydrogens (tertiary/aromatic N) is 1. The Morgan fingerprint density at radius 3 is 2.75 bits per heavy atom. The summed E-state index contributed by atoms with van der Waals surface area (Å²) in [5.41, 5.74) is 0. The fourth-order valence-electron chi connectivity index (χ4n) is 1.65. The van der Waals surface area contributed by atoms with E-state index in [4.69, 9.17) is 5.11 Å². The summed E-state index contributed by atoms with van der Waals surface area (Å²) in [4.78, 5) is 14.1. The third-order valence-electron chi connectivity index (χ3n) is 3.04. The summed E-state index contributed by atoms with van der Waals surface area (Å²) in [6.07, 6.45) is 0.935. The van der Waals surface area contributed by atoms with Crippen molar-refractivity contribution in [2.24, 2.45) is 0 Å². The second-order valence-corrected chi connectivity index (χ2v) is 5.12. The van der Waals surface area contributed by atoms with Gasteiger partial charge in [-0.05, 0) is 38.8 Å². The van der Waals surface area contributed by atoms with Crippen molar-refractivity contribution in [3.63, 3.8) is 0 Å². The van der Waals surface area contributed by atoms with Gasteiger partial charge in [-0.1, -0.05) is 6.07 Å². The van der Waals surface area contributed by atoms with Gasteiger partial charge in [-0.15, -0.1) is 11.3 Å². The zero-order chi connectivity index (χ0) is 12.1. The summed E-state index contributed by atoms with van der Waals surface area (Å²) in [5, 5.41) is 10.7. The standard InChI is InChI=1S/C12H19NO2S/c1-9(6-7-12(14)15)13(3)10(2)11-5-4-8-16-11/h4-5,8-10H,6-7H2,1-3H3,(H,14,15). The van der Waals surface area contributed by atoms with Crippen LogP contribution < -0.4 is 0 Å². The Morgan fingerprint density at radius 2 is 2.25 bits per heavy atom. The summed E-state index contributed by atoms with van der Waals surface area (Å²) in [5.74, 6) is -0.718. The number of carbonyl (C=O) groups is 1. The molecule has 0 saturated heterocycles. The van der Waals surface area contributed by atoms with Crippen LogP contribution >= 0.6 is 11.3 Å². The predicted molar refractivity (Wildman–Crippen MR) is 66.8 cm³/mol. The van der Waals surface area contributed by atoms with Crippen molar-refractivity contribution >= 4 is 17.3 Å². The van der Waals surface area contributed by atoms with Gasteiger partial charge in [-0.25, -0.2) is 0 Å². The van der Waals surface area contributed by atoms with Crippen LogP contribution in [0, 0.1) is 0 Å². The Balaban J connectivity index is 2.49. The molecular formula is C12H19NO2S. The van der Waals surface area contributed by atoms with Gasteiger partial charge >= 0.3 is 5.97 Å². The Hall–Kier alpha value is -0.870. The SMILES string of the molecule is CC(CCC(=O)O)N(C)C(C)c1cccs1. The number of hydrogen-bond donors (Lipinski definition) is 1. The van der Waals surface area contributed by atoms with E-state index in [1.165, 1.54) is 4.88 Å². The lowest BCUT2D eigenvalue weighted by molar-refractivity contribution is -0.137. The Bertz CT molecular complexity index is 324. The molecule has 0 aliphatic heterocycles. The molecule has 1 aromatic rings. The van der Waals surface area contributed by atoms with Crippen molar-refractivity contribution in [3.8, 4) is 0 Å². The summed E-state index contributed by atoms with van der Waals surface area (Å²) in [6, 6.07) is 4.80. The first-order valence-electron chi connectivity index (χ1n) is 5.49. The van der Waals surface area contributed by atoms with Gasteiger partial charge in [0, 0.05) is 23.4 Å². The fourth-order valence-corrected chi connectivity index (χ4v) is 2.48. The quantitative estimate of drug-likeness (QED) is 0.832. The Kier molecular flexibility index (Phi) is 4.96. The average molecular weight is 241 g/mol. The van der Waals surface area contributed by atoms with Crippen LogP contribution in [0.3, 0.4) is 0 Å². The van der Waals surface area contributed by atoms with Crippen LogP contribution in [-0.4, -0.2) is 29.1 Å². The van der Waals surface area contributed by atoms with Gasteiger partial charge in [0.1, 0.15) is 0 Å². The number of thiophene rings is 1. The maximum Gasteiger partial charge on any atom is 0.303 e. The first-order chi connectivity index (χ1) is 7.52. The molecule has 16 heavy (non-hydrogen) atoms. The van der Waals surface area contributed by atoms with Gasteiger partial charge in [-0.3, -0.25) is 9.69 Å². The minimum absolute atomic E-state index is 0.239. The normalized spacial score (nSPS) is 15.0. The molecule has 0 bridgehead atoms. The lowest BCUT2D eigenvalue weighted by atomic mass is 10.1. The van der Waals surface area contributed by atoms with E-state index in [1.807, 2.05) is 6.07 Å². The Labute approximate surface area is 101 Å². The molecule has 2 unspecified atom stereocenters. The average Bonchev–Trinajstić information content (AvgIpc) is 2.77. The molecule has 0 radical (unpaired) electrons. The number of aliphatic carboxylic acids is 1. The second kappa shape index (κ2) is 6.01. The molecule has 0 aliphatic rings. The molecule has 0 aromatic carbocycles. The maximum atomic E-state index is 10.5. The van der Waals surface area contributed by atoms with Gasteiger partial charge < -0.3 is 5.11 Å². The molecule has 90 valence electrons. The van der Waals surface area contributed by atoms with Crippen LogP contribution in [0.5, 0.6) is 0 Å². The van der Waals surface area contributed by atoms with E-state index in [0.29, 0.717) is 12.5 Å². The third kappa shape index (κ3) is 3.61. The van der Waals surface area contributed by atoms with E-state index < -0.39 is 5.97 Å². The van der Waals surface area contributed by atoms with Crippen molar-refractivity contribution in [1.82, 2.24) is 4.90 Å². The van der Waals surface area contributed by atoms with Gasteiger partial charge in [0.25, 0.3) is 0 Å². The van der Waals surface area contributed by atoms with E-state index in [1.54, 1.807) is 11.3 Å². The minimum Gasteiger partial charge on any atom is -0.481 e. The largest absolute Gasteiger partial charge is 0.481 e. The van der Waals surface area contributed by atoms with Crippen LogP contribution in [0.1, 0.15) is 37.6 Å². The summed E-state index contributed by atoms with van der Waals surface area (Å²) in [7, 11) is 2.05. The lowest BCUT2D eigenvalue weighted by Crippen LogP contribution is -2.31. The topological polar surface area (TPSA) is 40.5 Å². The van der Waals surface area contributed by atoms with Crippen LogP contribution in [0.4, 0.5) is 0 Å². The van der Waals surface area contributed by atoms with Crippen molar-refractivity contribution < 1.29 is 9.90 Å². The van der Waals surface area contributed by atoms with Crippen LogP contribution in [0.15, 0.2) is 17.5 Å². The summed E-state index contributed by atoms with van der Waals surface area (Å²) in [6.45, 7) is 4.23. The van der Waals surface area contributed by atoms with E-state index >= 15 is 0 Å². The van der Waals surface area contributed by atoms with Gasteiger partial charge in [0.2, 0.25) is 0 Å². The lowest BCUT2D eigenvalue weighted by Gasteiger charge is -2.30. The third-order valence-corrected chi connectivity index (χ3v) is 4.08. The molecule has 1 rings (SSSR count).